The number of halogens is 3. The molecule has 82 heavy (non-hydrogen) atoms. The van der Waals surface area contributed by atoms with E-state index in [0.717, 1.165) is 67.6 Å². The molecule has 13 aromatic rings. The number of benzene rings is 12. The van der Waals surface area contributed by atoms with Crippen LogP contribution in [0.4, 0.5) is 38.5 Å². The van der Waals surface area contributed by atoms with Gasteiger partial charge in [-0.05, 0) is 144 Å². The van der Waals surface area contributed by atoms with Gasteiger partial charge in [-0.3, -0.25) is 0 Å². The summed E-state index contributed by atoms with van der Waals surface area (Å²) in [6.07, 6.45) is 1.04. The molecular formula is C73H55Br2FN4O2. The number of rotatable bonds is 11. The van der Waals surface area contributed by atoms with Gasteiger partial charge in [0.2, 0.25) is 0 Å². The lowest BCUT2D eigenvalue weighted by Crippen LogP contribution is -1.96. The predicted octanol–water partition coefficient (Wildman–Crippen LogP) is 21.9. The predicted molar refractivity (Wildman–Crippen MR) is 346 cm³/mol. The third-order valence-corrected chi connectivity index (χ3v) is 14.3. The molecule has 0 aliphatic heterocycles. The number of anilines is 6. The zero-order valence-electron chi connectivity index (χ0n) is 44.5. The van der Waals surface area contributed by atoms with Gasteiger partial charge >= 0.3 is 0 Å². The van der Waals surface area contributed by atoms with Crippen molar-refractivity contribution in [2.45, 2.75) is 6.42 Å². The van der Waals surface area contributed by atoms with Gasteiger partial charge in [-0.2, -0.15) is 0 Å². The molecule has 1 aliphatic rings. The largest absolute Gasteiger partial charge is 0.457 e. The molecule has 14 rings (SSSR count). The van der Waals surface area contributed by atoms with Gasteiger partial charge in [-0.15, -0.1) is 0 Å². The normalized spacial score (nSPS) is 10.8. The van der Waals surface area contributed by atoms with Crippen LogP contribution in [0.1, 0.15) is 11.1 Å². The molecule has 0 saturated carbocycles. The molecule has 0 atom stereocenters. The number of aromatic nitrogens is 1. The van der Waals surface area contributed by atoms with E-state index in [0.29, 0.717) is 16.0 Å². The first-order valence-corrected chi connectivity index (χ1v) is 28.4. The summed E-state index contributed by atoms with van der Waals surface area (Å²) < 4.78 is 28.6. The van der Waals surface area contributed by atoms with Crippen LogP contribution in [0.15, 0.2) is 312 Å². The third-order valence-electron chi connectivity index (χ3n) is 13.4. The smallest absolute Gasteiger partial charge is 0.131 e. The lowest BCUT2D eigenvalue weighted by molar-refractivity contribution is 0.476. The van der Waals surface area contributed by atoms with E-state index in [9.17, 15) is 4.39 Å². The Morgan fingerprint density at radius 2 is 0.793 bits per heavy atom. The molecule has 400 valence electrons. The van der Waals surface area contributed by atoms with E-state index in [1.165, 1.54) is 50.8 Å². The summed E-state index contributed by atoms with van der Waals surface area (Å²) in [6.45, 7) is 0. The van der Waals surface area contributed by atoms with E-state index >= 15 is 0 Å². The monoisotopic (exact) mass is 1200 g/mol. The van der Waals surface area contributed by atoms with E-state index in [4.69, 9.17) is 9.47 Å². The van der Waals surface area contributed by atoms with E-state index in [1.54, 1.807) is 6.07 Å². The second kappa shape index (κ2) is 26.5. The molecule has 0 spiro atoms. The van der Waals surface area contributed by atoms with Crippen LogP contribution in [0.5, 0.6) is 23.0 Å². The van der Waals surface area contributed by atoms with Gasteiger partial charge in [0.05, 0.1) is 16.7 Å². The zero-order chi connectivity index (χ0) is 55.9. The van der Waals surface area contributed by atoms with Gasteiger partial charge in [0.1, 0.15) is 28.8 Å². The SMILES string of the molecule is Brc1cc(Oc2ccccc2)cc(-n2c3ccccc3c3c(Nc4ccccc4)cccc32)c1.Fc1cc(Br)cc(Oc2ccccc2)c1.c1ccc(Nc2cccc3c2-c2ccccc2C3)cc1.c1ccc(Nc2ccccc2)cc1. The van der Waals surface area contributed by atoms with E-state index in [2.05, 4.69) is 186 Å². The maximum atomic E-state index is 13.0. The molecule has 0 saturated heterocycles. The minimum atomic E-state index is -0.324. The molecule has 0 fully saturated rings. The number of ether oxygens (including phenoxy) is 2. The summed E-state index contributed by atoms with van der Waals surface area (Å²) in [6, 6.07) is 101. The second-order valence-corrected chi connectivity index (χ2v) is 21.0. The number of nitrogens with zero attached hydrogens (tertiary/aromatic N) is 1. The highest BCUT2D eigenvalue weighted by molar-refractivity contribution is 9.10. The summed E-state index contributed by atoms with van der Waals surface area (Å²) in [5.74, 6) is 2.43. The molecular weight excluding hydrogens is 1140 g/mol. The minimum absolute atomic E-state index is 0.324. The van der Waals surface area contributed by atoms with Crippen molar-refractivity contribution < 1.29 is 13.9 Å². The van der Waals surface area contributed by atoms with Crippen molar-refractivity contribution >= 4 is 87.8 Å². The lowest BCUT2D eigenvalue weighted by atomic mass is 10.0. The Bertz CT molecular complexity index is 4130. The van der Waals surface area contributed by atoms with Gasteiger partial charge in [0, 0.05) is 71.5 Å². The number of fused-ring (bicyclic) bond motifs is 6. The van der Waals surface area contributed by atoms with Crippen LogP contribution >= 0.6 is 31.9 Å². The molecule has 3 N–H and O–H groups in total. The van der Waals surface area contributed by atoms with Gasteiger partial charge in [-0.25, -0.2) is 4.39 Å². The fourth-order valence-electron chi connectivity index (χ4n) is 9.83. The zero-order valence-corrected chi connectivity index (χ0v) is 47.6. The van der Waals surface area contributed by atoms with Crippen LogP contribution < -0.4 is 25.4 Å². The highest BCUT2D eigenvalue weighted by Crippen LogP contribution is 2.43. The Morgan fingerprint density at radius 3 is 1.38 bits per heavy atom. The number of nitrogens with one attached hydrogen (secondary N) is 3. The topological polar surface area (TPSA) is 59.5 Å². The maximum absolute atomic E-state index is 13.0. The van der Waals surface area contributed by atoms with Crippen molar-refractivity contribution in [2.24, 2.45) is 0 Å². The van der Waals surface area contributed by atoms with Crippen LogP contribution in [-0.2, 0) is 6.42 Å². The average Bonchev–Trinajstić information content (AvgIpc) is 4.25. The molecule has 1 aliphatic carbocycles. The van der Waals surface area contributed by atoms with Crippen LogP contribution in [0.25, 0.3) is 38.6 Å². The summed E-state index contributed by atoms with van der Waals surface area (Å²) in [4.78, 5) is 0. The Morgan fingerprint density at radius 1 is 0.354 bits per heavy atom. The third kappa shape index (κ3) is 13.8. The molecule has 1 aromatic heterocycles. The van der Waals surface area contributed by atoms with Crippen LogP contribution in [-0.4, -0.2) is 4.57 Å². The first-order valence-electron chi connectivity index (χ1n) is 26.8. The van der Waals surface area contributed by atoms with E-state index in [1.807, 2.05) is 152 Å². The van der Waals surface area contributed by atoms with Crippen molar-refractivity contribution in [2.75, 3.05) is 16.0 Å². The first kappa shape index (κ1) is 54.3. The van der Waals surface area contributed by atoms with Gasteiger partial charge in [0.25, 0.3) is 0 Å². The Labute approximate surface area is 494 Å². The average molecular weight is 1200 g/mol. The van der Waals surface area contributed by atoms with Crippen molar-refractivity contribution in [1.29, 1.82) is 0 Å². The maximum Gasteiger partial charge on any atom is 0.131 e. The highest BCUT2D eigenvalue weighted by atomic mass is 79.9. The van der Waals surface area contributed by atoms with E-state index < -0.39 is 0 Å². The summed E-state index contributed by atoms with van der Waals surface area (Å²) in [5.41, 5.74) is 15.6. The first-order chi connectivity index (χ1) is 40.4. The standard InChI is InChI=1S/C30H21BrN2O.C19H15N.C12H8BrFO.C12H11N/c31-21-18-23(20-25(19-21)34-24-12-5-2-6-13-24)33-28-16-8-7-14-26(28)30-27(15-9-17-29(30)33)32-22-10-3-1-4-11-22;1-2-9-16(10-3-1)20-18-12-6-8-15-13-14-7-4-5-11-17(14)19(15)18;13-9-6-10(14)8-12(7-9)15-11-4-2-1-3-5-11;1-3-7-11(8-4-1)13-12-9-5-2-6-10-12/h1-20,32H;1-12,20H,13H2;1-8H;1-10,13H. The van der Waals surface area contributed by atoms with Crippen molar-refractivity contribution in [3.8, 4) is 39.8 Å². The molecule has 9 heteroatoms. The Kier molecular flexibility index (Phi) is 17.6. The van der Waals surface area contributed by atoms with Crippen molar-refractivity contribution in [1.82, 2.24) is 4.57 Å². The van der Waals surface area contributed by atoms with Crippen LogP contribution in [0, 0.1) is 5.82 Å². The van der Waals surface area contributed by atoms with Gasteiger partial charge in [0.15, 0.2) is 0 Å². The van der Waals surface area contributed by atoms with Gasteiger partial charge < -0.3 is 30.0 Å². The van der Waals surface area contributed by atoms with Crippen molar-refractivity contribution in [3.05, 3.63) is 329 Å². The molecule has 12 aromatic carbocycles. The lowest BCUT2D eigenvalue weighted by Gasteiger charge is -2.13. The van der Waals surface area contributed by atoms with Crippen LogP contribution in [0.2, 0.25) is 0 Å². The van der Waals surface area contributed by atoms with Crippen LogP contribution in [0.3, 0.4) is 0 Å². The fraction of sp³-hybridized carbons (Fsp3) is 0.0137. The molecule has 0 radical (unpaired) electrons. The van der Waals surface area contributed by atoms with Crippen molar-refractivity contribution in [3.63, 3.8) is 0 Å². The summed E-state index contributed by atoms with van der Waals surface area (Å²) in [5, 5.41) is 12.8. The molecule has 1 heterocycles. The molecule has 0 amide bonds. The van der Waals surface area contributed by atoms with Gasteiger partial charge in [-0.1, -0.05) is 202 Å². The number of para-hydroxylation sites is 7. The number of hydrogen-bond acceptors (Lipinski definition) is 5. The highest BCUT2D eigenvalue weighted by Gasteiger charge is 2.21. The fourth-order valence-corrected chi connectivity index (χ4v) is 10.7. The Hall–Kier alpha value is -9.67. The minimum Gasteiger partial charge on any atom is -0.457 e. The summed E-state index contributed by atoms with van der Waals surface area (Å²) in [7, 11) is 0. The molecule has 6 nitrogen and oxygen atoms in total. The molecule has 0 bridgehead atoms. The molecule has 0 unspecified atom stereocenters. The van der Waals surface area contributed by atoms with E-state index in [-0.39, 0.29) is 5.82 Å². The number of hydrogen-bond donors (Lipinski definition) is 3. The Balaban J connectivity index is 0.000000125. The quantitative estimate of drug-likeness (QED) is 0.120. The second-order valence-electron chi connectivity index (χ2n) is 19.1. The summed E-state index contributed by atoms with van der Waals surface area (Å²) >= 11 is 6.90.